The van der Waals surface area contributed by atoms with Gasteiger partial charge in [-0.25, -0.2) is 4.99 Å². The van der Waals surface area contributed by atoms with Gasteiger partial charge in [0.25, 0.3) is 5.91 Å². The van der Waals surface area contributed by atoms with Gasteiger partial charge in [-0.15, -0.1) is 0 Å². The van der Waals surface area contributed by atoms with Crippen LogP contribution in [0.25, 0.3) is 0 Å². The highest BCUT2D eigenvalue weighted by Crippen LogP contribution is 2.36. The summed E-state index contributed by atoms with van der Waals surface area (Å²) in [5.74, 6) is 0.0519. The number of thiazole rings is 1. The molecular formula is C20H26N4O2S. The first kappa shape index (κ1) is 18.3. The second-order valence-corrected chi connectivity index (χ2v) is 8.31. The molecule has 1 aliphatic heterocycles. The fraction of sp³-hybridized carbons (Fsp3) is 0.500. The lowest BCUT2D eigenvalue weighted by molar-refractivity contribution is 0.0831. The van der Waals surface area contributed by atoms with Gasteiger partial charge in [-0.3, -0.25) is 4.79 Å². The molecule has 2 fully saturated rings. The van der Waals surface area contributed by atoms with Crippen LogP contribution in [0.15, 0.2) is 29.3 Å². The number of amides is 1. The van der Waals surface area contributed by atoms with Crippen LogP contribution >= 0.6 is 11.3 Å². The van der Waals surface area contributed by atoms with Crippen molar-refractivity contribution in [3.63, 3.8) is 0 Å². The van der Waals surface area contributed by atoms with Gasteiger partial charge in [-0.2, -0.15) is 0 Å². The lowest BCUT2D eigenvalue weighted by atomic mass is 10.2. The average Bonchev–Trinajstić information content (AvgIpc) is 3.46. The Morgan fingerprint density at radius 2 is 1.85 bits per heavy atom. The number of ether oxygens (including phenoxy) is 1. The van der Waals surface area contributed by atoms with Gasteiger partial charge in [0.15, 0.2) is 4.80 Å². The third kappa shape index (κ3) is 3.80. The molecule has 144 valence electrons. The van der Waals surface area contributed by atoms with Gasteiger partial charge < -0.3 is 19.1 Å². The fourth-order valence-electron chi connectivity index (χ4n) is 3.38. The number of benzene rings is 1. The van der Waals surface area contributed by atoms with Crippen molar-refractivity contribution in [2.75, 3.05) is 45.3 Å². The quantitative estimate of drug-likeness (QED) is 0.812. The molecule has 1 saturated carbocycles. The van der Waals surface area contributed by atoms with Crippen LogP contribution < -0.4 is 9.70 Å². The third-order valence-electron chi connectivity index (χ3n) is 5.05. The molecule has 0 spiro atoms. The van der Waals surface area contributed by atoms with Crippen molar-refractivity contribution in [2.45, 2.75) is 25.8 Å². The van der Waals surface area contributed by atoms with Crippen molar-refractivity contribution in [3.05, 3.63) is 39.6 Å². The van der Waals surface area contributed by atoms with Crippen LogP contribution in [0.5, 0.6) is 0 Å². The van der Waals surface area contributed by atoms with Crippen molar-refractivity contribution in [1.29, 1.82) is 0 Å². The number of carbonyl (C=O) groups is 1. The Morgan fingerprint density at radius 1 is 1.19 bits per heavy atom. The van der Waals surface area contributed by atoms with Gasteiger partial charge in [-0.05, 0) is 44.0 Å². The molecule has 2 heterocycles. The Kier molecular flexibility index (Phi) is 5.06. The average molecular weight is 387 g/mol. The van der Waals surface area contributed by atoms with Crippen LogP contribution in [0.3, 0.4) is 0 Å². The number of morpholine rings is 1. The zero-order valence-electron chi connectivity index (χ0n) is 16.1. The standard InChI is InChI=1S/C20H26N4O2S/c1-14-18(19(25)22(2)3)27-20(24(14)17-8-9-17)21-15-4-6-16(7-5-15)23-10-12-26-13-11-23/h4-7,17H,8-13H2,1-3H3. The minimum atomic E-state index is 0.0519. The summed E-state index contributed by atoms with van der Waals surface area (Å²) in [5.41, 5.74) is 3.16. The van der Waals surface area contributed by atoms with E-state index in [2.05, 4.69) is 33.7 Å². The summed E-state index contributed by atoms with van der Waals surface area (Å²) < 4.78 is 7.67. The number of hydrogen-bond acceptors (Lipinski definition) is 5. The minimum Gasteiger partial charge on any atom is -0.378 e. The Labute approximate surface area is 163 Å². The predicted octanol–water partition coefficient (Wildman–Crippen LogP) is 2.96. The summed E-state index contributed by atoms with van der Waals surface area (Å²) in [7, 11) is 3.59. The zero-order valence-corrected chi connectivity index (χ0v) is 17.0. The summed E-state index contributed by atoms with van der Waals surface area (Å²) in [4.78, 5) is 23.1. The van der Waals surface area contributed by atoms with E-state index in [1.807, 2.05) is 6.92 Å². The molecule has 4 rings (SSSR count). The highest BCUT2D eigenvalue weighted by molar-refractivity contribution is 7.11. The molecule has 2 aromatic rings. The summed E-state index contributed by atoms with van der Waals surface area (Å²) >= 11 is 1.50. The molecule has 0 radical (unpaired) electrons. The molecule has 1 aromatic carbocycles. The van der Waals surface area contributed by atoms with E-state index < -0.39 is 0 Å². The maximum absolute atomic E-state index is 12.5. The molecule has 1 amide bonds. The van der Waals surface area contributed by atoms with Gasteiger partial charge in [0.05, 0.1) is 18.9 Å². The highest BCUT2D eigenvalue weighted by atomic mass is 32.1. The van der Waals surface area contributed by atoms with Crippen molar-refractivity contribution < 1.29 is 9.53 Å². The van der Waals surface area contributed by atoms with Crippen LogP contribution in [0.4, 0.5) is 11.4 Å². The monoisotopic (exact) mass is 386 g/mol. The second kappa shape index (κ2) is 7.48. The maximum atomic E-state index is 12.5. The van der Waals surface area contributed by atoms with E-state index >= 15 is 0 Å². The summed E-state index contributed by atoms with van der Waals surface area (Å²) in [6, 6.07) is 8.85. The number of aromatic nitrogens is 1. The summed E-state index contributed by atoms with van der Waals surface area (Å²) in [6.45, 7) is 5.46. The Morgan fingerprint density at radius 3 is 2.44 bits per heavy atom. The van der Waals surface area contributed by atoms with Crippen LogP contribution in [0.2, 0.25) is 0 Å². The lowest BCUT2D eigenvalue weighted by Gasteiger charge is -2.28. The first-order valence-corrected chi connectivity index (χ1v) is 10.3. The Balaban J connectivity index is 1.67. The zero-order chi connectivity index (χ0) is 19.0. The Hall–Kier alpha value is -2.12. The van der Waals surface area contributed by atoms with Crippen LogP contribution in [0.1, 0.15) is 34.2 Å². The fourth-order valence-corrected chi connectivity index (χ4v) is 4.61. The van der Waals surface area contributed by atoms with Gasteiger partial charge in [0, 0.05) is 44.6 Å². The molecule has 0 unspecified atom stereocenters. The van der Waals surface area contributed by atoms with E-state index in [1.165, 1.54) is 17.0 Å². The van der Waals surface area contributed by atoms with E-state index in [1.54, 1.807) is 19.0 Å². The van der Waals surface area contributed by atoms with E-state index in [9.17, 15) is 4.79 Å². The molecular weight excluding hydrogens is 360 g/mol. The molecule has 0 bridgehead atoms. The van der Waals surface area contributed by atoms with Crippen molar-refractivity contribution in [2.24, 2.45) is 4.99 Å². The molecule has 27 heavy (non-hydrogen) atoms. The minimum absolute atomic E-state index is 0.0519. The van der Waals surface area contributed by atoms with Gasteiger partial charge in [-0.1, -0.05) is 11.3 Å². The smallest absolute Gasteiger partial charge is 0.265 e. The van der Waals surface area contributed by atoms with E-state index in [4.69, 9.17) is 9.73 Å². The molecule has 7 heteroatoms. The van der Waals surface area contributed by atoms with E-state index in [-0.39, 0.29) is 5.91 Å². The molecule has 1 aromatic heterocycles. The largest absolute Gasteiger partial charge is 0.378 e. The topological polar surface area (TPSA) is 50.1 Å². The molecule has 6 nitrogen and oxygen atoms in total. The molecule has 1 saturated heterocycles. The van der Waals surface area contributed by atoms with Gasteiger partial charge in [0.2, 0.25) is 0 Å². The normalized spacial score (nSPS) is 18.0. The van der Waals surface area contributed by atoms with Crippen LogP contribution in [-0.2, 0) is 4.74 Å². The lowest BCUT2D eigenvalue weighted by Crippen LogP contribution is -2.36. The number of anilines is 1. The Bertz CT molecular complexity index is 888. The predicted molar refractivity (Wildman–Crippen MR) is 108 cm³/mol. The summed E-state index contributed by atoms with van der Waals surface area (Å²) in [6.07, 6.45) is 2.33. The van der Waals surface area contributed by atoms with E-state index in [0.29, 0.717) is 6.04 Å². The van der Waals surface area contributed by atoms with Crippen LogP contribution in [0, 0.1) is 6.92 Å². The SMILES string of the molecule is Cc1c(C(=O)N(C)C)sc(=Nc2ccc(N3CCOCC3)cc2)n1C1CC1. The van der Waals surface area contributed by atoms with Crippen molar-refractivity contribution >= 4 is 28.6 Å². The number of hydrogen-bond donors (Lipinski definition) is 0. The van der Waals surface area contributed by atoms with E-state index in [0.717, 1.165) is 60.2 Å². The number of nitrogens with zero attached hydrogens (tertiary/aromatic N) is 4. The first-order valence-electron chi connectivity index (χ1n) is 9.45. The van der Waals surface area contributed by atoms with Gasteiger partial charge in [0.1, 0.15) is 4.88 Å². The number of rotatable bonds is 4. The first-order chi connectivity index (χ1) is 13.0. The third-order valence-corrected chi connectivity index (χ3v) is 6.20. The van der Waals surface area contributed by atoms with Crippen molar-refractivity contribution in [1.82, 2.24) is 9.47 Å². The molecule has 1 aliphatic carbocycles. The second-order valence-electron chi connectivity index (χ2n) is 7.33. The summed E-state index contributed by atoms with van der Waals surface area (Å²) in [5, 5.41) is 0. The molecule has 0 N–H and O–H groups in total. The number of carbonyl (C=O) groups excluding carboxylic acids is 1. The van der Waals surface area contributed by atoms with Crippen molar-refractivity contribution in [3.8, 4) is 0 Å². The maximum Gasteiger partial charge on any atom is 0.265 e. The van der Waals surface area contributed by atoms with Crippen LogP contribution in [-0.4, -0.2) is 55.8 Å². The molecule has 0 atom stereocenters. The van der Waals surface area contributed by atoms with Gasteiger partial charge >= 0.3 is 0 Å². The molecule has 2 aliphatic rings. The highest BCUT2D eigenvalue weighted by Gasteiger charge is 2.29.